The molecule has 8 nitrogen and oxygen atoms in total. The topological polar surface area (TPSA) is 109 Å². The van der Waals surface area contributed by atoms with E-state index in [2.05, 4.69) is 18.9 Å². The number of nitrogens with two attached hydrogens (primary N) is 1. The quantitative estimate of drug-likeness (QED) is 0.288. The smallest absolute Gasteiger partial charge is 0.282 e. The lowest BCUT2D eigenvalue weighted by molar-refractivity contribution is -0.119. The number of rotatable bonds is 8. The summed E-state index contributed by atoms with van der Waals surface area (Å²) in [7, 11) is 1.63. The Kier molecular flexibility index (Phi) is 8.04. The number of para-hydroxylation sites is 1. The SMILES string of the molecule is COc1cc(C)c(-c2nc3ccccc3c(=O)n2N=Cc2cc(Cl)c(OCC(N)=O)c(Cl)c2)cc1C(C)C. The van der Waals surface area contributed by atoms with Gasteiger partial charge < -0.3 is 15.2 Å². The van der Waals surface area contributed by atoms with Crippen molar-refractivity contribution in [3.05, 3.63) is 85.6 Å². The first kappa shape index (κ1) is 27.2. The summed E-state index contributed by atoms with van der Waals surface area (Å²) in [5.41, 5.74) is 8.47. The second-order valence-corrected chi connectivity index (χ2v) is 9.76. The fourth-order valence-corrected chi connectivity index (χ4v) is 4.64. The average molecular weight is 553 g/mol. The van der Waals surface area contributed by atoms with Gasteiger partial charge in [0.1, 0.15) is 5.75 Å². The van der Waals surface area contributed by atoms with Gasteiger partial charge in [0.2, 0.25) is 0 Å². The Balaban J connectivity index is 1.89. The number of aromatic nitrogens is 2. The molecule has 38 heavy (non-hydrogen) atoms. The maximum atomic E-state index is 13.6. The van der Waals surface area contributed by atoms with Crippen LogP contribution in [0.15, 0.2) is 58.4 Å². The molecule has 3 aromatic carbocycles. The zero-order valence-electron chi connectivity index (χ0n) is 21.3. The minimum absolute atomic E-state index is 0.129. The van der Waals surface area contributed by atoms with Crippen LogP contribution in [0.3, 0.4) is 0 Å². The molecule has 0 aliphatic heterocycles. The lowest BCUT2D eigenvalue weighted by atomic mass is 9.96. The van der Waals surface area contributed by atoms with E-state index in [1.807, 2.05) is 25.1 Å². The summed E-state index contributed by atoms with van der Waals surface area (Å²) < 4.78 is 12.2. The highest BCUT2D eigenvalue weighted by Gasteiger charge is 2.18. The number of carbonyl (C=O) groups excluding carboxylic acids is 1. The van der Waals surface area contributed by atoms with Crippen molar-refractivity contribution in [1.29, 1.82) is 0 Å². The van der Waals surface area contributed by atoms with Crippen molar-refractivity contribution in [3.63, 3.8) is 0 Å². The van der Waals surface area contributed by atoms with E-state index in [1.54, 1.807) is 37.4 Å². The van der Waals surface area contributed by atoms with Crippen LogP contribution in [0.1, 0.15) is 36.5 Å². The number of nitrogens with zero attached hydrogens (tertiary/aromatic N) is 3. The second kappa shape index (κ2) is 11.2. The van der Waals surface area contributed by atoms with Crippen molar-refractivity contribution in [2.24, 2.45) is 10.8 Å². The predicted molar refractivity (Wildman–Crippen MR) is 151 cm³/mol. The first-order valence-electron chi connectivity index (χ1n) is 11.8. The standard InChI is InChI=1S/C28H26Cl2N4O4/c1-15(2)19-12-20(16(3)9-24(19)37-4)27-33-23-8-6-5-7-18(23)28(36)34(27)32-13-17-10-21(29)26(22(30)11-17)38-14-25(31)35/h5-13,15H,14H2,1-4H3,(H2,31,35). The molecule has 4 aromatic rings. The molecule has 0 saturated heterocycles. The van der Waals surface area contributed by atoms with Gasteiger partial charge in [0.15, 0.2) is 18.2 Å². The van der Waals surface area contributed by atoms with E-state index in [4.69, 9.17) is 43.4 Å². The van der Waals surface area contributed by atoms with Crippen LogP contribution >= 0.6 is 23.2 Å². The van der Waals surface area contributed by atoms with E-state index in [-0.39, 0.29) is 33.9 Å². The molecule has 0 aliphatic rings. The summed E-state index contributed by atoms with van der Waals surface area (Å²) in [5.74, 6) is 0.790. The van der Waals surface area contributed by atoms with Crippen molar-refractivity contribution in [3.8, 4) is 22.9 Å². The fourth-order valence-electron chi connectivity index (χ4n) is 4.03. The van der Waals surface area contributed by atoms with Crippen LogP contribution in [0, 0.1) is 6.92 Å². The molecular weight excluding hydrogens is 527 g/mol. The van der Waals surface area contributed by atoms with Crippen molar-refractivity contribution < 1.29 is 14.3 Å². The number of hydrogen-bond acceptors (Lipinski definition) is 6. The minimum atomic E-state index is -0.659. The summed E-state index contributed by atoms with van der Waals surface area (Å²) in [6.07, 6.45) is 1.46. The Morgan fingerprint density at radius 1 is 1.16 bits per heavy atom. The van der Waals surface area contributed by atoms with Crippen LogP contribution in [0.5, 0.6) is 11.5 Å². The number of primary amides is 1. The molecule has 0 atom stereocenters. The van der Waals surface area contributed by atoms with E-state index in [1.165, 1.54) is 10.9 Å². The van der Waals surface area contributed by atoms with Crippen LogP contribution < -0.4 is 20.8 Å². The lowest BCUT2D eigenvalue weighted by Crippen LogP contribution is -2.21. The number of ether oxygens (including phenoxy) is 2. The number of benzene rings is 3. The molecule has 1 heterocycles. The number of halogens is 2. The van der Waals surface area contributed by atoms with E-state index in [0.717, 1.165) is 22.4 Å². The first-order chi connectivity index (χ1) is 18.1. The Morgan fingerprint density at radius 2 is 1.84 bits per heavy atom. The number of amides is 1. The van der Waals surface area contributed by atoms with Gasteiger partial charge in [-0.1, -0.05) is 49.2 Å². The maximum Gasteiger partial charge on any atom is 0.282 e. The molecular formula is C28H26Cl2N4O4. The molecule has 0 bridgehead atoms. The Morgan fingerprint density at radius 3 is 2.47 bits per heavy atom. The average Bonchev–Trinajstić information content (AvgIpc) is 2.87. The minimum Gasteiger partial charge on any atom is -0.496 e. The van der Waals surface area contributed by atoms with Crippen molar-refractivity contribution in [2.45, 2.75) is 26.7 Å². The summed E-state index contributed by atoms with van der Waals surface area (Å²) in [6.45, 7) is 5.70. The van der Waals surface area contributed by atoms with Gasteiger partial charge in [0.05, 0.1) is 34.3 Å². The molecule has 1 aromatic heterocycles. The van der Waals surface area contributed by atoms with Crippen molar-refractivity contribution in [2.75, 3.05) is 13.7 Å². The summed E-state index contributed by atoms with van der Waals surface area (Å²) in [6, 6.07) is 14.1. The Labute approximate surface area is 229 Å². The highest BCUT2D eigenvalue weighted by Crippen LogP contribution is 2.35. The van der Waals surface area contributed by atoms with Crippen LogP contribution in [-0.2, 0) is 4.79 Å². The van der Waals surface area contributed by atoms with Crippen LogP contribution in [0.25, 0.3) is 22.3 Å². The van der Waals surface area contributed by atoms with Crippen molar-refractivity contribution >= 4 is 46.2 Å². The highest BCUT2D eigenvalue weighted by atomic mass is 35.5. The summed E-state index contributed by atoms with van der Waals surface area (Å²) in [4.78, 5) is 29.5. The lowest BCUT2D eigenvalue weighted by Gasteiger charge is -2.17. The predicted octanol–water partition coefficient (Wildman–Crippen LogP) is 5.56. The van der Waals surface area contributed by atoms with Gasteiger partial charge in [-0.2, -0.15) is 9.78 Å². The van der Waals surface area contributed by atoms with Crippen LogP contribution in [0.4, 0.5) is 0 Å². The zero-order valence-corrected chi connectivity index (χ0v) is 22.8. The number of aryl methyl sites for hydroxylation is 1. The van der Waals surface area contributed by atoms with E-state index in [9.17, 15) is 9.59 Å². The monoisotopic (exact) mass is 552 g/mol. The molecule has 4 rings (SSSR count). The van der Waals surface area contributed by atoms with Gasteiger partial charge in [-0.15, -0.1) is 0 Å². The first-order valence-corrected chi connectivity index (χ1v) is 12.5. The number of methoxy groups -OCH3 is 1. The van der Waals surface area contributed by atoms with Gasteiger partial charge >= 0.3 is 0 Å². The molecule has 0 saturated carbocycles. The molecule has 2 N–H and O–H groups in total. The highest BCUT2D eigenvalue weighted by molar-refractivity contribution is 6.37. The molecule has 1 amide bonds. The number of fused-ring (bicyclic) bond motifs is 1. The van der Waals surface area contributed by atoms with Crippen LogP contribution in [-0.4, -0.2) is 35.5 Å². The maximum absolute atomic E-state index is 13.6. The molecule has 0 unspecified atom stereocenters. The third-order valence-corrected chi connectivity index (χ3v) is 6.46. The zero-order chi connectivity index (χ0) is 27.6. The third-order valence-electron chi connectivity index (χ3n) is 5.90. The third kappa shape index (κ3) is 5.51. The van der Waals surface area contributed by atoms with Gasteiger partial charge in [-0.25, -0.2) is 4.98 Å². The van der Waals surface area contributed by atoms with Crippen LogP contribution in [0.2, 0.25) is 10.0 Å². The molecule has 196 valence electrons. The van der Waals surface area contributed by atoms with E-state index < -0.39 is 5.91 Å². The summed E-state index contributed by atoms with van der Waals surface area (Å²) >= 11 is 12.6. The largest absolute Gasteiger partial charge is 0.496 e. The second-order valence-electron chi connectivity index (χ2n) is 8.95. The van der Waals surface area contributed by atoms with Gasteiger partial charge in [-0.3, -0.25) is 9.59 Å². The summed E-state index contributed by atoms with van der Waals surface area (Å²) in [5, 5.41) is 5.25. The van der Waals surface area contributed by atoms with Gasteiger partial charge in [0.25, 0.3) is 11.5 Å². The van der Waals surface area contributed by atoms with Gasteiger partial charge in [0, 0.05) is 5.56 Å². The molecule has 0 spiro atoms. The Hall–Kier alpha value is -3.88. The molecule has 10 heteroatoms. The number of hydrogen-bond donors (Lipinski definition) is 1. The molecule has 0 radical (unpaired) electrons. The number of carbonyl (C=O) groups is 1. The normalized spacial score (nSPS) is 11.4. The fraction of sp³-hybridized carbons (Fsp3) is 0.214. The molecule has 0 fully saturated rings. The molecule has 0 aliphatic carbocycles. The van der Waals surface area contributed by atoms with E-state index >= 15 is 0 Å². The van der Waals surface area contributed by atoms with E-state index in [0.29, 0.717) is 22.3 Å². The van der Waals surface area contributed by atoms with Gasteiger partial charge in [-0.05, 0) is 65.9 Å². The Bertz CT molecular complexity index is 1610. The van der Waals surface area contributed by atoms with Crippen molar-refractivity contribution in [1.82, 2.24) is 9.66 Å².